The Bertz CT molecular complexity index is 408. The SMILES string of the molecule is CC(C)(C)O/N=[C]/c1ccc(C2CCCCC2)cc1. The predicted octanol–water partition coefficient (Wildman–Crippen LogP) is 4.76. The van der Waals surface area contributed by atoms with E-state index in [0.29, 0.717) is 0 Å². The molecule has 1 radical (unpaired) electrons. The first-order valence-corrected chi connectivity index (χ1v) is 7.29. The molecule has 0 aliphatic heterocycles. The quantitative estimate of drug-likeness (QED) is 0.566. The lowest BCUT2D eigenvalue weighted by molar-refractivity contribution is 0.00199. The van der Waals surface area contributed by atoms with Gasteiger partial charge in [0.15, 0.2) is 0 Å². The van der Waals surface area contributed by atoms with E-state index in [1.807, 2.05) is 20.8 Å². The van der Waals surface area contributed by atoms with Crippen LogP contribution in [-0.2, 0) is 4.84 Å². The maximum absolute atomic E-state index is 5.29. The molecule has 103 valence electrons. The first kappa shape index (κ1) is 14.1. The Morgan fingerprint density at radius 2 is 1.68 bits per heavy atom. The molecule has 1 aliphatic carbocycles. The molecule has 0 amide bonds. The first-order valence-electron chi connectivity index (χ1n) is 7.29. The van der Waals surface area contributed by atoms with Crippen LogP contribution >= 0.6 is 0 Å². The highest BCUT2D eigenvalue weighted by atomic mass is 16.6. The van der Waals surface area contributed by atoms with Crippen molar-refractivity contribution in [2.45, 2.75) is 64.4 Å². The van der Waals surface area contributed by atoms with E-state index in [1.54, 1.807) is 0 Å². The van der Waals surface area contributed by atoms with Crippen molar-refractivity contribution in [1.29, 1.82) is 0 Å². The molecule has 1 aliphatic rings. The molecular formula is C17H24NO. The Kier molecular flexibility index (Phi) is 4.62. The van der Waals surface area contributed by atoms with Crippen molar-refractivity contribution in [3.8, 4) is 0 Å². The summed E-state index contributed by atoms with van der Waals surface area (Å²) in [5.41, 5.74) is 2.18. The van der Waals surface area contributed by atoms with Gasteiger partial charge in [0.25, 0.3) is 0 Å². The zero-order valence-electron chi connectivity index (χ0n) is 12.3. The maximum atomic E-state index is 5.29. The van der Waals surface area contributed by atoms with Crippen LogP contribution in [0.1, 0.15) is 69.9 Å². The van der Waals surface area contributed by atoms with Crippen LogP contribution in [-0.4, -0.2) is 11.8 Å². The number of hydrogen-bond donors (Lipinski definition) is 0. The molecule has 1 aromatic rings. The van der Waals surface area contributed by atoms with E-state index in [2.05, 4.69) is 35.6 Å². The number of rotatable bonds is 3. The summed E-state index contributed by atoms with van der Waals surface area (Å²) in [5.74, 6) is 0.755. The largest absolute Gasteiger partial charge is 0.390 e. The normalized spacial score (nSPS) is 17.8. The fraction of sp³-hybridized carbons (Fsp3) is 0.588. The summed E-state index contributed by atoms with van der Waals surface area (Å²) in [6.45, 7) is 5.93. The molecule has 0 heterocycles. The minimum Gasteiger partial charge on any atom is -0.390 e. The second kappa shape index (κ2) is 6.23. The zero-order chi connectivity index (χ0) is 13.7. The topological polar surface area (TPSA) is 21.6 Å². The summed E-state index contributed by atoms with van der Waals surface area (Å²) in [7, 11) is 0. The van der Waals surface area contributed by atoms with Gasteiger partial charge in [0.05, 0.1) is 0 Å². The van der Waals surface area contributed by atoms with E-state index >= 15 is 0 Å². The highest BCUT2D eigenvalue weighted by Crippen LogP contribution is 2.32. The molecule has 1 saturated carbocycles. The molecule has 0 atom stereocenters. The summed E-state index contributed by atoms with van der Waals surface area (Å²) in [5, 5.41) is 3.91. The highest BCUT2D eigenvalue weighted by molar-refractivity contribution is 5.79. The molecule has 0 unspecified atom stereocenters. The molecule has 19 heavy (non-hydrogen) atoms. The summed E-state index contributed by atoms with van der Waals surface area (Å²) < 4.78 is 0. The summed E-state index contributed by atoms with van der Waals surface area (Å²) >= 11 is 0. The molecule has 2 nitrogen and oxygen atoms in total. The van der Waals surface area contributed by atoms with Gasteiger partial charge in [-0.05, 0) is 45.1 Å². The standard InChI is InChI=1S/C17H24NO/c1-17(2,3)19-18-13-14-9-11-16(12-10-14)15-7-5-4-6-8-15/h9-12,15H,4-8H2,1-3H3. The third-order valence-corrected chi connectivity index (χ3v) is 3.48. The molecule has 1 fully saturated rings. The van der Waals surface area contributed by atoms with Gasteiger partial charge in [0.1, 0.15) is 11.8 Å². The van der Waals surface area contributed by atoms with Gasteiger partial charge in [-0.2, -0.15) is 0 Å². The predicted molar refractivity (Wildman–Crippen MR) is 79.6 cm³/mol. The second-order valence-electron chi connectivity index (χ2n) is 6.36. The van der Waals surface area contributed by atoms with Crippen LogP contribution in [0.25, 0.3) is 0 Å². The van der Waals surface area contributed by atoms with Crippen molar-refractivity contribution >= 4 is 6.21 Å². The van der Waals surface area contributed by atoms with Crippen LogP contribution in [0.5, 0.6) is 0 Å². The third-order valence-electron chi connectivity index (χ3n) is 3.48. The number of nitrogens with zero attached hydrogens (tertiary/aromatic N) is 1. The summed E-state index contributed by atoms with van der Waals surface area (Å²) in [6, 6.07) is 8.59. The van der Waals surface area contributed by atoms with Crippen LogP contribution in [0.15, 0.2) is 29.4 Å². The van der Waals surface area contributed by atoms with E-state index < -0.39 is 0 Å². The Labute approximate surface area is 116 Å². The van der Waals surface area contributed by atoms with Crippen LogP contribution in [0.3, 0.4) is 0 Å². The lowest BCUT2D eigenvalue weighted by atomic mass is 9.84. The molecular weight excluding hydrogens is 234 g/mol. The first-order chi connectivity index (χ1) is 9.04. The second-order valence-corrected chi connectivity index (χ2v) is 6.36. The van der Waals surface area contributed by atoms with Gasteiger partial charge in [0, 0.05) is 5.56 Å². The average molecular weight is 258 g/mol. The zero-order valence-corrected chi connectivity index (χ0v) is 12.3. The van der Waals surface area contributed by atoms with Crippen molar-refractivity contribution < 1.29 is 4.84 Å². The van der Waals surface area contributed by atoms with Crippen LogP contribution in [0, 0.1) is 0 Å². The monoisotopic (exact) mass is 258 g/mol. The summed E-state index contributed by atoms with van der Waals surface area (Å²) in [6.07, 6.45) is 9.76. The molecule has 2 rings (SSSR count). The van der Waals surface area contributed by atoms with Crippen molar-refractivity contribution in [3.05, 3.63) is 35.4 Å². The lowest BCUT2D eigenvalue weighted by Crippen LogP contribution is -2.15. The van der Waals surface area contributed by atoms with Crippen LogP contribution in [0.2, 0.25) is 0 Å². The Hall–Kier alpha value is -1.31. The van der Waals surface area contributed by atoms with Crippen LogP contribution < -0.4 is 0 Å². The van der Waals surface area contributed by atoms with Gasteiger partial charge in [-0.3, -0.25) is 0 Å². The van der Waals surface area contributed by atoms with E-state index in [9.17, 15) is 0 Å². The Morgan fingerprint density at radius 3 is 2.26 bits per heavy atom. The Balaban J connectivity index is 1.94. The van der Waals surface area contributed by atoms with Gasteiger partial charge in [-0.1, -0.05) is 48.7 Å². The molecule has 0 bridgehead atoms. The smallest absolute Gasteiger partial charge is 0.139 e. The molecule has 1 aromatic carbocycles. The molecule has 0 aromatic heterocycles. The van der Waals surface area contributed by atoms with Gasteiger partial charge < -0.3 is 4.84 Å². The van der Waals surface area contributed by atoms with Crippen molar-refractivity contribution in [3.63, 3.8) is 0 Å². The third kappa shape index (κ3) is 4.70. The minimum atomic E-state index is -0.255. The maximum Gasteiger partial charge on any atom is 0.139 e. The van der Waals surface area contributed by atoms with Crippen molar-refractivity contribution in [2.24, 2.45) is 5.16 Å². The fourth-order valence-electron chi connectivity index (χ4n) is 2.48. The van der Waals surface area contributed by atoms with Gasteiger partial charge in [0.2, 0.25) is 0 Å². The minimum absolute atomic E-state index is 0.255. The van der Waals surface area contributed by atoms with Crippen LogP contribution in [0.4, 0.5) is 0 Å². The van der Waals surface area contributed by atoms with E-state index in [1.165, 1.54) is 37.7 Å². The molecule has 0 spiro atoms. The van der Waals surface area contributed by atoms with E-state index in [0.717, 1.165) is 11.5 Å². The highest BCUT2D eigenvalue weighted by Gasteiger charge is 2.15. The fourth-order valence-corrected chi connectivity index (χ4v) is 2.48. The lowest BCUT2D eigenvalue weighted by Gasteiger charge is -2.21. The van der Waals surface area contributed by atoms with Crippen molar-refractivity contribution in [2.75, 3.05) is 0 Å². The molecule has 2 heteroatoms. The van der Waals surface area contributed by atoms with E-state index in [-0.39, 0.29) is 5.60 Å². The number of benzene rings is 1. The van der Waals surface area contributed by atoms with Crippen molar-refractivity contribution in [1.82, 2.24) is 0 Å². The molecule has 0 saturated heterocycles. The average Bonchev–Trinajstić information content (AvgIpc) is 2.39. The Morgan fingerprint density at radius 1 is 1.05 bits per heavy atom. The van der Waals surface area contributed by atoms with Gasteiger partial charge in [-0.25, -0.2) is 0 Å². The summed E-state index contributed by atoms with van der Waals surface area (Å²) in [4.78, 5) is 5.29. The van der Waals surface area contributed by atoms with E-state index in [4.69, 9.17) is 4.84 Å². The van der Waals surface area contributed by atoms with Gasteiger partial charge >= 0.3 is 0 Å². The van der Waals surface area contributed by atoms with Gasteiger partial charge in [-0.15, -0.1) is 0 Å². The molecule has 0 N–H and O–H groups in total. The number of hydrogen-bond acceptors (Lipinski definition) is 2.